The molecule has 1 aliphatic carbocycles. The molecule has 0 amide bonds. The molecule has 0 N–H and O–H groups in total. The van der Waals surface area contributed by atoms with Gasteiger partial charge in [-0.1, -0.05) is 0 Å². The van der Waals surface area contributed by atoms with E-state index in [9.17, 15) is 0 Å². The number of epoxide rings is 1. The highest BCUT2D eigenvalue weighted by Gasteiger charge is 2.49. The summed E-state index contributed by atoms with van der Waals surface area (Å²) >= 11 is 0. The van der Waals surface area contributed by atoms with Crippen LogP contribution < -0.4 is 0 Å². The second-order valence-electron chi connectivity index (χ2n) is 4.54. The highest BCUT2D eigenvalue weighted by molar-refractivity contribution is 4.97. The number of ether oxygens (including phenoxy) is 2. The van der Waals surface area contributed by atoms with Crippen LogP contribution in [0.5, 0.6) is 0 Å². The maximum atomic E-state index is 5.82. The first-order chi connectivity index (χ1) is 5.04. The minimum atomic E-state index is 0.0153. The molecule has 1 saturated carbocycles. The third-order valence-electron chi connectivity index (χ3n) is 2.20. The van der Waals surface area contributed by atoms with Crippen molar-refractivity contribution in [1.82, 2.24) is 0 Å². The first-order valence-corrected chi connectivity index (χ1v) is 4.38. The van der Waals surface area contributed by atoms with Crippen molar-refractivity contribution in [3.8, 4) is 0 Å². The van der Waals surface area contributed by atoms with Gasteiger partial charge in [-0.2, -0.15) is 0 Å². The SMILES string of the molecule is CC(C)(C)OC1CC2OC2C1. The first kappa shape index (κ1) is 7.56. The lowest BCUT2D eigenvalue weighted by Crippen LogP contribution is -2.26. The molecular formula is C9H16O2. The minimum absolute atomic E-state index is 0.0153. The maximum absolute atomic E-state index is 5.82. The second kappa shape index (κ2) is 2.20. The average Bonchev–Trinajstić information content (AvgIpc) is 2.36. The molecule has 2 rings (SSSR count). The van der Waals surface area contributed by atoms with Crippen LogP contribution in [0.2, 0.25) is 0 Å². The van der Waals surface area contributed by atoms with Crippen LogP contribution in [-0.2, 0) is 9.47 Å². The Bertz CT molecular complexity index is 149. The molecule has 2 nitrogen and oxygen atoms in total. The van der Waals surface area contributed by atoms with Gasteiger partial charge in [0.1, 0.15) is 0 Å². The Morgan fingerprint density at radius 2 is 1.73 bits per heavy atom. The zero-order chi connectivity index (χ0) is 8.06. The van der Waals surface area contributed by atoms with E-state index in [-0.39, 0.29) is 5.60 Å². The van der Waals surface area contributed by atoms with Crippen LogP contribution >= 0.6 is 0 Å². The van der Waals surface area contributed by atoms with Gasteiger partial charge in [-0.05, 0) is 20.8 Å². The van der Waals surface area contributed by atoms with Crippen molar-refractivity contribution < 1.29 is 9.47 Å². The number of fused-ring (bicyclic) bond motifs is 1. The molecule has 11 heavy (non-hydrogen) atoms. The van der Waals surface area contributed by atoms with Crippen LogP contribution in [0.3, 0.4) is 0 Å². The Labute approximate surface area is 67.9 Å². The molecule has 0 bridgehead atoms. The van der Waals surface area contributed by atoms with E-state index in [1.807, 2.05) is 0 Å². The third kappa shape index (κ3) is 1.74. The monoisotopic (exact) mass is 156 g/mol. The second-order valence-corrected chi connectivity index (χ2v) is 4.54. The van der Waals surface area contributed by atoms with Gasteiger partial charge >= 0.3 is 0 Å². The van der Waals surface area contributed by atoms with Crippen LogP contribution in [-0.4, -0.2) is 23.9 Å². The van der Waals surface area contributed by atoms with Gasteiger partial charge < -0.3 is 9.47 Å². The van der Waals surface area contributed by atoms with E-state index >= 15 is 0 Å². The summed E-state index contributed by atoms with van der Waals surface area (Å²) < 4.78 is 11.1. The van der Waals surface area contributed by atoms with Crippen molar-refractivity contribution in [1.29, 1.82) is 0 Å². The summed E-state index contributed by atoms with van der Waals surface area (Å²) in [7, 11) is 0. The van der Waals surface area contributed by atoms with Crippen molar-refractivity contribution in [2.45, 2.75) is 57.5 Å². The lowest BCUT2D eigenvalue weighted by Gasteiger charge is -2.25. The summed E-state index contributed by atoms with van der Waals surface area (Å²) in [6.07, 6.45) is 3.77. The van der Waals surface area contributed by atoms with E-state index in [1.165, 1.54) is 0 Å². The van der Waals surface area contributed by atoms with Gasteiger partial charge in [-0.3, -0.25) is 0 Å². The zero-order valence-electron chi connectivity index (χ0n) is 7.46. The standard InChI is InChI=1S/C9H16O2/c1-9(2,3)11-6-4-7-8(5-6)10-7/h6-8H,4-5H2,1-3H3. The smallest absolute Gasteiger partial charge is 0.0867 e. The average molecular weight is 156 g/mol. The predicted octanol–water partition coefficient (Wildman–Crippen LogP) is 1.73. The highest BCUT2D eigenvalue weighted by Crippen LogP contribution is 2.40. The molecule has 2 unspecified atom stereocenters. The Morgan fingerprint density at radius 1 is 1.18 bits per heavy atom. The van der Waals surface area contributed by atoms with E-state index in [0.29, 0.717) is 18.3 Å². The van der Waals surface area contributed by atoms with Gasteiger partial charge in [-0.25, -0.2) is 0 Å². The molecule has 0 radical (unpaired) electrons. The van der Waals surface area contributed by atoms with Crippen molar-refractivity contribution in [3.63, 3.8) is 0 Å². The van der Waals surface area contributed by atoms with Crippen molar-refractivity contribution in [2.75, 3.05) is 0 Å². The van der Waals surface area contributed by atoms with Crippen LogP contribution in [0.25, 0.3) is 0 Å². The summed E-state index contributed by atoms with van der Waals surface area (Å²) in [4.78, 5) is 0. The van der Waals surface area contributed by atoms with Gasteiger partial charge in [0.15, 0.2) is 0 Å². The largest absolute Gasteiger partial charge is 0.372 e. The number of rotatable bonds is 1. The van der Waals surface area contributed by atoms with Crippen LogP contribution in [0.15, 0.2) is 0 Å². The number of hydrogen-bond acceptors (Lipinski definition) is 2. The van der Waals surface area contributed by atoms with E-state index in [1.54, 1.807) is 0 Å². The molecule has 1 aliphatic heterocycles. The van der Waals surface area contributed by atoms with Crippen LogP contribution in [0, 0.1) is 0 Å². The summed E-state index contributed by atoms with van der Waals surface area (Å²) in [5.74, 6) is 0. The quantitative estimate of drug-likeness (QED) is 0.539. The topological polar surface area (TPSA) is 21.8 Å². The Morgan fingerprint density at radius 3 is 2.18 bits per heavy atom. The molecule has 2 fully saturated rings. The Balaban J connectivity index is 1.80. The summed E-state index contributed by atoms with van der Waals surface area (Å²) in [6, 6.07) is 0. The zero-order valence-corrected chi connectivity index (χ0v) is 7.46. The molecule has 2 heteroatoms. The molecule has 64 valence electrons. The molecule has 0 spiro atoms. The Hall–Kier alpha value is -0.0800. The molecule has 2 atom stereocenters. The van der Waals surface area contributed by atoms with E-state index in [2.05, 4.69) is 20.8 Å². The van der Waals surface area contributed by atoms with Crippen molar-refractivity contribution in [2.24, 2.45) is 0 Å². The fourth-order valence-electron chi connectivity index (χ4n) is 1.80. The van der Waals surface area contributed by atoms with E-state index in [4.69, 9.17) is 9.47 Å². The molecule has 1 saturated heterocycles. The molecule has 0 aromatic heterocycles. The highest BCUT2D eigenvalue weighted by atomic mass is 16.6. The van der Waals surface area contributed by atoms with Crippen LogP contribution in [0.1, 0.15) is 33.6 Å². The molecule has 1 heterocycles. The lowest BCUT2D eigenvalue weighted by atomic mass is 10.1. The van der Waals surface area contributed by atoms with Crippen molar-refractivity contribution in [3.05, 3.63) is 0 Å². The van der Waals surface area contributed by atoms with Crippen LogP contribution in [0.4, 0.5) is 0 Å². The van der Waals surface area contributed by atoms with E-state index < -0.39 is 0 Å². The molecule has 2 aliphatic rings. The van der Waals surface area contributed by atoms with Gasteiger partial charge in [0, 0.05) is 12.8 Å². The van der Waals surface area contributed by atoms with Gasteiger partial charge in [0.05, 0.1) is 23.9 Å². The first-order valence-electron chi connectivity index (χ1n) is 4.38. The Kier molecular flexibility index (Phi) is 1.52. The summed E-state index contributed by atoms with van der Waals surface area (Å²) in [5.41, 5.74) is 0.0153. The fourth-order valence-corrected chi connectivity index (χ4v) is 1.80. The van der Waals surface area contributed by atoms with E-state index in [0.717, 1.165) is 12.8 Å². The van der Waals surface area contributed by atoms with Gasteiger partial charge in [-0.15, -0.1) is 0 Å². The summed E-state index contributed by atoms with van der Waals surface area (Å²) in [6.45, 7) is 6.33. The minimum Gasteiger partial charge on any atom is -0.372 e. The predicted molar refractivity (Wildman–Crippen MR) is 42.5 cm³/mol. The van der Waals surface area contributed by atoms with Gasteiger partial charge in [0.2, 0.25) is 0 Å². The normalized spacial score (nSPS) is 42.3. The maximum Gasteiger partial charge on any atom is 0.0867 e. The summed E-state index contributed by atoms with van der Waals surface area (Å²) in [5, 5.41) is 0. The van der Waals surface area contributed by atoms with Crippen molar-refractivity contribution >= 4 is 0 Å². The fraction of sp³-hybridized carbons (Fsp3) is 1.00. The number of hydrogen-bond donors (Lipinski definition) is 0. The third-order valence-corrected chi connectivity index (χ3v) is 2.20. The molecular weight excluding hydrogens is 140 g/mol. The van der Waals surface area contributed by atoms with Gasteiger partial charge in [0.25, 0.3) is 0 Å². The molecule has 0 aromatic rings. The molecule has 0 aromatic carbocycles. The lowest BCUT2D eigenvalue weighted by molar-refractivity contribution is -0.0680.